The smallest absolute Gasteiger partial charge is 0.155 e. The zero-order chi connectivity index (χ0) is 24.8. The van der Waals surface area contributed by atoms with Gasteiger partial charge in [-0.3, -0.25) is 4.79 Å². The third-order valence-corrected chi connectivity index (χ3v) is 5.13. The Balaban J connectivity index is 0.000000400. The van der Waals surface area contributed by atoms with Gasteiger partial charge in [0.1, 0.15) is 17.2 Å². The van der Waals surface area contributed by atoms with Crippen molar-refractivity contribution in [2.45, 2.75) is 13.8 Å². The van der Waals surface area contributed by atoms with Crippen LogP contribution in [0.5, 0.6) is 0 Å². The summed E-state index contributed by atoms with van der Waals surface area (Å²) in [6.45, 7) is 2.85. The van der Waals surface area contributed by atoms with Crippen LogP contribution in [0.4, 0.5) is 4.39 Å². The first-order valence-electron chi connectivity index (χ1n) is 11.0. The zero-order valence-electron chi connectivity index (χ0n) is 19.7. The van der Waals surface area contributed by atoms with Crippen molar-refractivity contribution in [2.24, 2.45) is 0 Å². The molecule has 2 heterocycles. The van der Waals surface area contributed by atoms with Crippen LogP contribution in [0.15, 0.2) is 107 Å². The molecule has 0 aliphatic carbocycles. The zero-order valence-corrected chi connectivity index (χ0v) is 22.1. The molecule has 0 fully saturated rings. The number of fused-ring (bicyclic) bond motifs is 1. The van der Waals surface area contributed by atoms with E-state index in [1.54, 1.807) is 18.3 Å². The van der Waals surface area contributed by atoms with E-state index in [1.165, 1.54) is 32.1 Å². The fourth-order valence-corrected chi connectivity index (χ4v) is 3.56. The van der Waals surface area contributed by atoms with Crippen molar-refractivity contribution in [1.29, 1.82) is 0 Å². The average molecular weight is 657 g/mol. The van der Waals surface area contributed by atoms with Crippen LogP contribution >= 0.6 is 0 Å². The molecule has 4 nitrogen and oxygen atoms in total. The number of hydrogen-bond acceptors (Lipinski definition) is 4. The van der Waals surface area contributed by atoms with Crippen LogP contribution in [0.3, 0.4) is 0 Å². The Morgan fingerprint density at radius 3 is 2.31 bits per heavy atom. The maximum Gasteiger partial charge on any atom is 0.155 e. The van der Waals surface area contributed by atoms with Crippen LogP contribution in [0.25, 0.3) is 44.7 Å². The van der Waals surface area contributed by atoms with Gasteiger partial charge in [-0.2, -0.15) is 0 Å². The van der Waals surface area contributed by atoms with Gasteiger partial charge in [-0.25, -0.2) is 4.39 Å². The van der Waals surface area contributed by atoms with Gasteiger partial charge < -0.3 is 14.5 Å². The van der Waals surface area contributed by atoms with E-state index >= 15 is 0 Å². The Morgan fingerprint density at radius 2 is 1.67 bits per heavy atom. The van der Waals surface area contributed by atoms with Gasteiger partial charge in [0.05, 0.1) is 5.76 Å². The number of hydrogen-bond donors (Lipinski definition) is 1. The Bertz CT molecular complexity index is 1490. The topological polar surface area (TPSA) is 63.3 Å². The molecule has 0 aliphatic rings. The Hall–Kier alpha value is -3.86. The standard InChI is InChI=1S/C25H15FNO.C5H8O2.Ir/c26-22-11-9-18(10-12-22)24-14-21-16-27-23(15-25(21)28-24)20-8-4-7-19(13-20)17-5-2-1-3-6-17;1-4(6)3-5(2)7;/h1-7,9-16H;3,6H,1-2H3;/q-1;;/b;4-3-;. The van der Waals surface area contributed by atoms with Crippen LogP contribution in [0, 0.1) is 11.9 Å². The van der Waals surface area contributed by atoms with E-state index in [0.717, 1.165) is 38.9 Å². The molecule has 0 bridgehead atoms. The maximum atomic E-state index is 13.2. The summed E-state index contributed by atoms with van der Waals surface area (Å²) in [5, 5.41) is 9.27. The average Bonchev–Trinajstić information content (AvgIpc) is 3.28. The molecule has 3 aromatic carbocycles. The molecule has 1 N–H and O–H groups in total. The van der Waals surface area contributed by atoms with Crippen LogP contribution in [0.1, 0.15) is 13.8 Å². The SMILES string of the molecule is CC(=O)/C=C(/C)O.Fc1ccc(-c2cc3cnc(-c4[c-]ccc(-c5ccccc5)c4)cc3o2)cc1.[Ir]. The molecule has 5 rings (SSSR count). The number of halogens is 1. The monoisotopic (exact) mass is 657 g/mol. The van der Waals surface area contributed by atoms with Gasteiger partial charge in [0, 0.05) is 43.3 Å². The molecule has 5 aromatic rings. The first kappa shape index (κ1) is 26.7. The molecule has 0 amide bonds. The molecule has 36 heavy (non-hydrogen) atoms. The summed E-state index contributed by atoms with van der Waals surface area (Å²) >= 11 is 0. The van der Waals surface area contributed by atoms with Crippen LogP contribution in [-0.4, -0.2) is 15.9 Å². The van der Waals surface area contributed by atoms with E-state index in [4.69, 9.17) is 9.52 Å². The van der Waals surface area contributed by atoms with E-state index < -0.39 is 0 Å². The number of carbonyl (C=O) groups excluding carboxylic acids is 1. The van der Waals surface area contributed by atoms with Crippen molar-refractivity contribution >= 4 is 16.8 Å². The molecular weight excluding hydrogens is 634 g/mol. The van der Waals surface area contributed by atoms with Crippen molar-refractivity contribution < 1.29 is 38.8 Å². The summed E-state index contributed by atoms with van der Waals surface area (Å²) in [4.78, 5) is 14.6. The van der Waals surface area contributed by atoms with Crippen molar-refractivity contribution in [2.75, 3.05) is 0 Å². The van der Waals surface area contributed by atoms with Gasteiger partial charge in [-0.1, -0.05) is 30.3 Å². The van der Waals surface area contributed by atoms with Gasteiger partial charge in [0.25, 0.3) is 0 Å². The number of pyridine rings is 1. The third-order valence-electron chi connectivity index (χ3n) is 5.13. The number of nitrogens with zero attached hydrogens (tertiary/aromatic N) is 1. The van der Waals surface area contributed by atoms with Gasteiger partial charge in [-0.15, -0.1) is 35.4 Å². The number of carbonyl (C=O) groups is 1. The van der Waals surface area contributed by atoms with Gasteiger partial charge >= 0.3 is 0 Å². The number of allylic oxidation sites excluding steroid dienone is 2. The predicted octanol–water partition coefficient (Wildman–Crippen LogP) is 7.80. The van der Waals surface area contributed by atoms with E-state index in [-0.39, 0.29) is 37.5 Å². The molecule has 0 saturated heterocycles. The second-order valence-electron chi connectivity index (χ2n) is 7.98. The van der Waals surface area contributed by atoms with Crippen molar-refractivity contribution in [3.63, 3.8) is 0 Å². The number of rotatable bonds is 4. The second-order valence-corrected chi connectivity index (χ2v) is 7.98. The summed E-state index contributed by atoms with van der Waals surface area (Å²) in [6, 6.07) is 29.6. The summed E-state index contributed by atoms with van der Waals surface area (Å²) in [5.41, 5.74) is 5.53. The van der Waals surface area contributed by atoms with Gasteiger partial charge in [0.15, 0.2) is 5.78 Å². The molecule has 0 saturated carbocycles. The molecule has 1 radical (unpaired) electrons. The quantitative estimate of drug-likeness (QED) is 0.122. The summed E-state index contributed by atoms with van der Waals surface area (Å²) < 4.78 is 19.2. The molecule has 2 aromatic heterocycles. The minimum absolute atomic E-state index is 0. The maximum absolute atomic E-state index is 13.2. The number of aliphatic hydroxyl groups excluding tert-OH is 1. The Kier molecular flexibility index (Phi) is 9.07. The second kappa shape index (κ2) is 12.2. The van der Waals surface area contributed by atoms with E-state index in [9.17, 15) is 9.18 Å². The van der Waals surface area contributed by atoms with Crippen LogP contribution in [-0.2, 0) is 24.9 Å². The minimum Gasteiger partial charge on any atom is -0.512 e. The first-order valence-corrected chi connectivity index (χ1v) is 11.0. The van der Waals surface area contributed by atoms with E-state index in [2.05, 4.69) is 29.2 Å². The van der Waals surface area contributed by atoms with Crippen molar-refractivity contribution in [1.82, 2.24) is 4.98 Å². The largest absolute Gasteiger partial charge is 0.512 e. The molecule has 183 valence electrons. The molecule has 0 spiro atoms. The Morgan fingerprint density at radius 1 is 0.944 bits per heavy atom. The molecule has 0 aliphatic heterocycles. The molecular formula is C30H23FIrNO3-. The van der Waals surface area contributed by atoms with Gasteiger partial charge in [0.2, 0.25) is 0 Å². The summed E-state index contributed by atoms with van der Waals surface area (Å²) in [6.07, 6.45) is 2.96. The van der Waals surface area contributed by atoms with Gasteiger partial charge in [-0.05, 0) is 61.5 Å². The Labute approximate surface area is 222 Å². The first-order chi connectivity index (χ1) is 16.9. The number of aromatic nitrogens is 1. The molecule has 0 atom stereocenters. The fraction of sp³-hybridized carbons (Fsp3) is 0.0667. The summed E-state index contributed by atoms with van der Waals surface area (Å²) in [7, 11) is 0. The van der Waals surface area contributed by atoms with Crippen LogP contribution < -0.4 is 0 Å². The number of benzene rings is 3. The van der Waals surface area contributed by atoms with E-state index in [0.29, 0.717) is 5.76 Å². The van der Waals surface area contributed by atoms with Crippen LogP contribution in [0.2, 0.25) is 0 Å². The fourth-order valence-electron chi connectivity index (χ4n) is 3.56. The molecule has 0 unspecified atom stereocenters. The third kappa shape index (κ3) is 6.85. The van der Waals surface area contributed by atoms with Crippen molar-refractivity contribution in [3.05, 3.63) is 115 Å². The minimum atomic E-state index is -0.266. The van der Waals surface area contributed by atoms with Crippen molar-refractivity contribution in [3.8, 4) is 33.7 Å². The van der Waals surface area contributed by atoms with E-state index in [1.807, 2.05) is 42.5 Å². The number of aliphatic hydroxyl groups is 1. The number of ketones is 1. The normalized spacial score (nSPS) is 10.8. The molecule has 6 heteroatoms. The summed E-state index contributed by atoms with van der Waals surface area (Å²) in [5.74, 6) is 0.362. The number of furan rings is 1. The predicted molar refractivity (Wildman–Crippen MR) is 136 cm³/mol.